The fourth-order valence-corrected chi connectivity index (χ4v) is 1.83. The van der Waals surface area contributed by atoms with Crippen molar-refractivity contribution in [3.8, 4) is 16.9 Å². The van der Waals surface area contributed by atoms with Crippen molar-refractivity contribution < 1.29 is 18.8 Å². The van der Waals surface area contributed by atoms with Crippen LogP contribution in [-0.2, 0) is 0 Å². The van der Waals surface area contributed by atoms with E-state index < -0.39 is 10.7 Å². The summed E-state index contributed by atoms with van der Waals surface area (Å²) < 4.78 is 18.8. The molecule has 2 rings (SSSR count). The Labute approximate surface area is 113 Å². The molecule has 0 saturated heterocycles. The number of hydrogen-bond donors (Lipinski definition) is 0. The largest absolute Gasteiger partial charge is 0.497 e. The second-order valence-corrected chi connectivity index (χ2v) is 3.99. The molecule has 2 aromatic carbocycles. The van der Waals surface area contributed by atoms with Crippen LogP contribution in [0.5, 0.6) is 5.75 Å². The minimum atomic E-state index is -0.672. The molecule has 0 aliphatic heterocycles. The molecule has 102 valence electrons. The topological polar surface area (TPSA) is 69.4 Å². The number of benzene rings is 2. The molecular formula is C14H10FNO4. The van der Waals surface area contributed by atoms with Gasteiger partial charge in [-0.2, -0.15) is 0 Å². The molecule has 2 aromatic rings. The van der Waals surface area contributed by atoms with E-state index in [-0.39, 0.29) is 16.8 Å². The smallest absolute Gasteiger partial charge is 0.280 e. The first-order valence-corrected chi connectivity index (χ1v) is 5.64. The molecule has 0 aliphatic carbocycles. The Hall–Kier alpha value is -2.76. The van der Waals surface area contributed by atoms with E-state index in [0.717, 1.165) is 0 Å². The highest BCUT2D eigenvalue weighted by Crippen LogP contribution is 2.30. The minimum absolute atomic E-state index is 0.0485. The summed E-state index contributed by atoms with van der Waals surface area (Å²) in [6, 6.07) is 8.14. The monoisotopic (exact) mass is 275 g/mol. The first-order chi connectivity index (χ1) is 9.56. The molecule has 5 nitrogen and oxygen atoms in total. The van der Waals surface area contributed by atoms with Crippen molar-refractivity contribution in [2.75, 3.05) is 7.11 Å². The number of nitro groups is 1. The molecule has 0 fully saturated rings. The van der Waals surface area contributed by atoms with Gasteiger partial charge in [-0.15, -0.1) is 0 Å². The average molecular weight is 275 g/mol. The van der Waals surface area contributed by atoms with Gasteiger partial charge in [0.25, 0.3) is 5.69 Å². The SMILES string of the molecule is COc1ccc(-c2ccc(C=O)c([N+](=O)[O-])c2)c(F)c1. The van der Waals surface area contributed by atoms with Crippen LogP contribution in [-0.4, -0.2) is 18.3 Å². The molecule has 0 unspecified atom stereocenters. The number of methoxy groups -OCH3 is 1. The van der Waals surface area contributed by atoms with E-state index in [1.54, 1.807) is 6.07 Å². The number of aldehydes is 1. The molecule has 0 saturated carbocycles. The normalized spacial score (nSPS) is 10.1. The number of rotatable bonds is 4. The number of nitro benzene ring substituents is 1. The summed E-state index contributed by atoms with van der Waals surface area (Å²) in [7, 11) is 1.41. The van der Waals surface area contributed by atoms with Crippen molar-refractivity contribution in [2.45, 2.75) is 0 Å². The summed E-state index contributed by atoms with van der Waals surface area (Å²) in [6.45, 7) is 0. The van der Waals surface area contributed by atoms with Gasteiger partial charge in [-0.3, -0.25) is 14.9 Å². The lowest BCUT2D eigenvalue weighted by Gasteiger charge is -2.06. The van der Waals surface area contributed by atoms with Crippen LogP contribution >= 0.6 is 0 Å². The van der Waals surface area contributed by atoms with Gasteiger partial charge in [0.05, 0.1) is 17.6 Å². The van der Waals surface area contributed by atoms with Gasteiger partial charge in [-0.1, -0.05) is 6.07 Å². The van der Waals surface area contributed by atoms with Crippen molar-refractivity contribution >= 4 is 12.0 Å². The second kappa shape index (κ2) is 5.48. The Balaban J connectivity index is 2.56. The predicted octanol–water partition coefficient (Wildman–Crippen LogP) is 3.22. The van der Waals surface area contributed by atoms with Crippen molar-refractivity contribution in [2.24, 2.45) is 0 Å². The van der Waals surface area contributed by atoms with Crippen LogP contribution in [0.25, 0.3) is 11.1 Å². The molecule has 0 atom stereocenters. The maximum Gasteiger partial charge on any atom is 0.280 e. The van der Waals surface area contributed by atoms with Gasteiger partial charge in [0, 0.05) is 17.7 Å². The maximum atomic E-state index is 13.9. The zero-order valence-electron chi connectivity index (χ0n) is 10.5. The maximum absolute atomic E-state index is 13.9. The van der Waals surface area contributed by atoms with Crippen molar-refractivity contribution in [3.63, 3.8) is 0 Å². The van der Waals surface area contributed by atoms with Crippen LogP contribution in [0.3, 0.4) is 0 Å². The highest BCUT2D eigenvalue weighted by atomic mass is 19.1. The summed E-state index contributed by atoms with van der Waals surface area (Å²) in [4.78, 5) is 20.9. The molecule has 0 N–H and O–H groups in total. The van der Waals surface area contributed by atoms with Crippen LogP contribution in [0, 0.1) is 15.9 Å². The third-order valence-corrected chi connectivity index (χ3v) is 2.84. The van der Waals surface area contributed by atoms with Crippen LogP contribution in [0.2, 0.25) is 0 Å². The van der Waals surface area contributed by atoms with E-state index >= 15 is 0 Å². The Morgan fingerprint density at radius 1 is 1.25 bits per heavy atom. The van der Waals surface area contributed by atoms with Gasteiger partial charge in [0.1, 0.15) is 11.6 Å². The highest BCUT2D eigenvalue weighted by molar-refractivity contribution is 5.84. The van der Waals surface area contributed by atoms with E-state index in [1.807, 2.05) is 0 Å². The molecule has 6 heteroatoms. The fourth-order valence-electron chi connectivity index (χ4n) is 1.83. The average Bonchev–Trinajstić information content (AvgIpc) is 2.46. The number of carbonyl (C=O) groups excluding carboxylic acids is 1. The zero-order chi connectivity index (χ0) is 14.7. The summed E-state index contributed by atoms with van der Waals surface area (Å²) in [5.41, 5.74) is 0.120. The lowest BCUT2D eigenvalue weighted by molar-refractivity contribution is -0.385. The van der Waals surface area contributed by atoms with Crippen molar-refractivity contribution in [1.82, 2.24) is 0 Å². The van der Waals surface area contributed by atoms with Crippen LogP contribution in [0.1, 0.15) is 10.4 Å². The number of nitrogens with zero attached hydrogens (tertiary/aromatic N) is 1. The Kier molecular flexibility index (Phi) is 3.74. The summed E-state index contributed by atoms with van der Waals surface area (Å²) in [5, 5.41) is 10.9. The van der Waals surface area contributed by atoms with Gasteiger partial charge in [0.15, 0.2) is 6.29 Å². The van der Waals surface area contributed by atoms with Crippen LogP contribution in [0.4, 0.5) is 10.1 Å². The van der Waals surface area contributed by atoms with E-state index in [2.05, 4.69) is 0 Å². The molecule has 0 aromatic heterocycles. The lowest BCUT2D eigenvalue weighted by Crippen LogP contribution is -1.95. The van der Waals surface area contributed by atoms with Gasteiger partial charge in [0.2, 0.25) is 0 Å². The Morgan fingerprint density at radius 2 is 2.00 bits per heavy atom. The van der Waals surface area contributed by atoms with Crippen molar-refractivity contribution in [3.05, 3.63) is 57.9 Å². The van der Waals surface area contributed by atoms with E-state index in [1.165, 1.54) is 37.4 Å². The third kappa shape index (κ3) is 2.49. The third-order valence-electron chi connectivity index (χ3n) is 2.84. The van der Waals surface area contributed by atoms with Gasteiger partial charge >= 0.3 is 0 Å². The number of halogens is 1. The van der Waals surface area contributed by atoms with E-state index in [0.29, 0.717) is 17.6 Å². The standard InChI is InChI=1S/C14H10FNO4/c1-20-11-4-5-12(13(15)7-11)9-2-3-10(8-17)14(6-9)16(18)19/h2-8H,1H3. The van der Waals surface area contributed by atoms with Gasteiger partial charge < -0.3 is 4.74 Å². The van der Waals surface area contributed by atoms with E-state index in [9.17, 15) is 19.3 Å². The van der Waals surface area contributed by atoms with Crippen molar-refractivity contribution in [1.29, 1.82) is 0 Å². The van der Waals surface area contributed by atoms with Gasteiger partial charge in [-0.05, 0) is 23.8 Å². The summed E-state index contributed by atoms with van der Waals surface area (Å²) >= 11 is 0. The number of carbonyl (C=O) groups is 1. The molecule has 0 radical (unpaired) electrons. The molecule has 20 heavy (non-hydrogen) atoms. The summed E-state index contributed by atoms with van der Waals surface area (Å²) in [6.07, 6.45) is 0.395. The highest BCUT2D eigenvalue weighted by Gasteiger charge is 2.16. The first-order valence-electron chi connectivity index (χ1n) is 5.64. The van der Waals surface area contributed by atoms with Gasteiger partial charge in [-0.25, -0.2) is 4.39 Å². The lowest BCUT2D eigenvalue weighted by atomic mass is 10.0. The Bertz CT molecular complexity index is 685. The quantitative estimate of drug-likeness (QED) is 0.488. The number of ether oxygens (including phenoxy) is 1. The first kappa shape index (κ1) is 13.7. The minimum Gasteiger partial charge on any atom is -0.497 e. The summed E-state index contributed by atoms with van der Waals surface area (Å²) in [5.74, 6) is -0.206. The molecular weight excluding hydrogens is 265 g/mol. The van der Waals surface area contributed by atoms with E-state index in [4.69, 9.17) is 4.74 Å². The number of hydrogen-bond acceptors (Lipinski definition) is 4. The van der Waals surface area contributed by atoms with Crippen LogP contribution in [0.15, 0.2) is 36.4 Å². The Morgan fingerprint density at radius 3 is 2.55 bits per heavy atom. The van der Waals surface area contributed by atoms with Crippen LogP contribution < -0.4 is 4.74 Å². The second-order valence-electron chi connectivity index (χ2n) is 3.99. The predicted molar refractivity (Wildman–Crippen MR) is 70.4 cm³/mol. The molecule has 0 amide bonds. The molecule has 0 heterocycles. The molecule has 0 aliphatic rings. The molecule has 0 bridgehead atoms. The molecule has 0 spiro atoms. The fraction of sp³-hybridized carbons (Fsp3) is 0.0714. The zero-order valence-corrected chi connectivity index (χ0v) is 10.5.